The highest BCUT2D eigenvalue weighted by Crippen LogP contribution is 2.32. The Morgan fingerprint density at radius 1 is 1.27 bits per heavy atom. The van der Waals surface area contributed by atoms with Gasteiger partial charge in [-0.1, -0.05) is 0 Å². The molecule has 84 valence electrons. The molecular formula is C10H15NO4. The molecule has 0 aromatic carbocycles. The molecule has 1 saturated heterocycles. The van der Waals surface area contributed by atoms with Crippen LogP contribution in [0.4, 0.5) is 0 Å². The molecule has 1 aliphatic heterocycles. The van der Waals surface area contributed by atoms with Crippen LogP contribution in [0.1, 0.15) is 25.7 Å². The SMILES string of the molecule is O=C(O)[C@H]1CC[C@@H](C(=O)N2CCCO2)C1. The normalized spacial score (nSPS) is 30.8. The van der Waals surface area contributed by atoms with E-state index < -0.39 is 5.97 Å². The van der Waals surface area contributed by atoms with Gasteiger partial charge in [0, 0.05) is 5.92 Å². The number of carbonyl (C=O) groups is 2. The molecule has 2 atom stereocenters. The molecule has 1 saturated carbocycles. The molecule has 1 amide bonds. The lowest BCUT2D eigenvalue weighted by Gasteiger charge is -2.17. The Kier molecular flexibility index (Phi) is 2.90. The van der Waals surface area contributed by atoms with Crippen molar-refractivity contribution in [3.05, 3.63) is 0 Å². The zero-order valence-corrected chi connectivity index (χ0v) is 8.52. The second kappa shape index (κ2) is 4.18. The summed E-state index contributed by atoms with van der Waals surface area (Å²) in [5, 5.41) is 10.2. The molecule has 0 aromatic rings. The average Bonchev–Trinajstić information content (AvgIpc) is 2.88. The van der Waals surface area contributed by atoms with E-state index in [1.165, 1.54) is 5.06 Å². The summed E-state index contributed by atoms with van der Waals surface area (Å²) in [6, 6.07) is 0. The minimum Gasteiger partial charge on any atom is -0.481 e. The highest BCUT2D eigenvalue weighted by molar-refractivity contribution is 5.80. The maximum absolute atomic E-state index is 11.8. The smallest absolute Gasteiger partial charge is 0.306 e. The Hall–Kier alpha value is -1.10. The Balaban J connectivity index is 1.89. The Morgan fingerprint density at radius 3 is 2.53 bits per heavy atom. The predicted molar refractivity (Wildman–Crippen MR) is 50.7 cm³/mol. The zero-order valence-electron chi connectivity index (χ0n) is 8.52. The third-order valence-corrected chi connectivity index (χ3v) is 3.13. The van der Waals surface area contributed by atoms with Crippen LogP contribution < -0.4 is 0 Å². The minimum absolute atomic E-state index is 0.0312. The molecule has 2 rings (SSSR count). The van der Waals surface area contributed by atoms with Gasteiger partial charge in [0.2, 0.25) is 5.91 Å². The number of carboxylic acid groups (broad SMARTS) is 1. The average molecular weight is 213 g/mol. The molecule has 5 heteroatoms. The Labute approximate surface area is 88.0 Å². The molecule has 0 spiro atoms. The maximum Gasteiger partial charge on any atom is 0.306 e. The highest BCUT2D eigenvalue weighted by Gasteiger charge is 2.36. The van der Waals surface area contributed by atoms with E-state index in [9.17, 15) is 9.59 Å². The first-order valence-electron chi connectivity index (χ1n) is 5.35. The largest absolute Gasteiger partial charge is 0.481 e. The number of hydrogen-bond donors (Lipinski definition) is 1. The topological polar surface area (TPSA) is 66.8 Å². The lowest BCUT2D eigenvalue weighted by atomic mass is 10.0. The van der Waals surface area contributed by atoms with Crippen molar-refractivity contribution in [3.63, 3.8) is 0 Å². The molecule has 0 bridgehead atoms. The van der Waals surface area contributed by atoms with Crippen LogP contribution >= 0.6 is 0 Å². The first-order valence-corrected chi connectivity index (χ1v) is 5.35. The molecule has 2 aliphatic rings. The standard InChI is InChI=1S/C10H15NO4/c12-9(11-4-1-5-15-11)7-2-3-8(6-7)10(13)14/h7-8H,1-6H2,(H,13,14)/t7-,8+/m1/s1. The third kappa shape index (κ3) is 2.12. The fraction of sp³-hybridized carbons (Fsp3) is 0.800. The number of hydroxylamine groups is 2. The van der Waals surface area contributed by atoms with Crippen LogP contribution in [0.15, 0.2) is 0 Å². The van der Waals surface area contributed by atoms with E-state index in [4.69, 9.17) is 9.94 Å². The van der Waals surface area contributed by atoms with Crippen LogP contribution in [-0.4, -0.2) is 35.2 Å². The molecule has 1 N–H and O–H groups in total. The van der Waals surface area contributed by atoms with E-state index in [2.05, 4.69) is 0 Å². The monoisotopic (exact) mass is 213 g/mol. The molecule has 15 heavy (non-hydrogen) atoms. The second-order valence-corrected chi connectivity index (χ2v) is 4.17. The fourth-order valence-corrected chi connectivity index (χ4v) is 2.25. The first-order chi connectivity index (χ1) is 7.18. The molecular weight excluding hydrogens is 198 g/mol. The van der Waals surface area contributed by atoms with Gasteiger partial charge in [0.05, 0.1) is 19.1 Å². The summed E-state index contributed by atoms with van der Waals surface area (Å²) >= 11 is 0. The van der Waals surface area contributed by atoms with Gasteiger partial charge in [0.1, 0.15) is 0 Å². The molecule has 0 unspecified atom stereocenters. The minimum atomic E-state index is -0.785. The van der Waals surface area contributed by atoms with Crippen LogP contribution in [0, 0.1) is 11.8 Å². The van der Waals surface area contributed by atoms with Gasteiger partial charge in [0.15, 0.2) is 0 Å². The van der Waals surface area contributed by atoms with Gasteiger partial charge in [0.25, 0.3) is 0 Å². The van der Waals surface area contributed by atoms with Crippen molar-refractivity contribution in [1.29, 1.82) is 0 Å². The number of carbonyl (C=O) groups excluding carboxylic acids is 1. The van der Waals surface area contributed by atoms with E-state index in [1.54, 1.807) is 0 Å². The van der Waals surface area contributed by atoms with Crippen LogP contribution in [-0.2, 0) is 14.4 Å². The third-order valence-electron chi connectivity index (χ3n) is 3.13. The van der Waals surface area contributed by atoms with Crippen LogP contribution in [0.5, 0.6) is 0 Å². The lowest BCUT2D eigenvalue weighted by Crippen LogP contribution is -2.32. The Morgan fingerprint density at radius 2 is 2.00 bits per heavy atom. The van der Waals surface area contributed by atoms with E-state index in [0.717, 1.165) is 6.42 Å². The molecule has 2 fully saturated rings. The van der Waals surface area contributed by atoms with Crippen molar-refractivity contribution >= 4 is 11.9 Å². The number of rotatable bonds is 2. The number of amides is 1. The van der Waals surface area contributed by atoms with Crippen molar-refractivity contribution in [1.82, 2.24) is 5.06 Å². The first kappa shape index (κ1) is 10.4. The van der Waals surface area contributed by atoms with Crippen molar-refractivity contribution < 1.29 is 19.5 Å². The van der Waals surface area contributed by atoms with Crippen molar-refractivity contribution in [2.45, 2.75) is 25.7 Å². The van der Waals surface area contributed by atoms with E-state index in [1.807, 2.05) is 0 Å². The summed E-state index contributed by atoms with van der Waals surface area (Å²) in [6.07, 6.45) is 2.63. The van der Waals surface area contributed by atoms with Gasteiger partial charge in [-0.15, -0.1) is 0 Å². The Bertz CT molecular complexity index is 273. The summed E-state index contributed by atoms with van der Waals surface area (Å²) < 4.78 is 0. The van der Waals surface area contributed by atoms with Crippen LogP contribution in [0.25, 0.3) is 0 Å². The molecule has 0 radical (unpaired) electrons. The molecule has 1 aliphatic carbocycles. The van der Waals surface area contributed by atoms with E-state index in [-0.39, 0.29) is 17.7 Å². The van der Waals surface area contributed by atoms with Gasteiger partial charge < -0.3 is 5.11 Å². The predicted octanol–water partition coefficient (Wildman–Crippen LogP) is 0.651. The number of nitrogens with zero attached hydrogens (tertiary/aromatic N) is 1. The summed E-state index contributed by atoms with van der Waals surface area (Å²) in [5.74, 6) is -1.31. The number of hydrogen-bond acceptors (Lipinski definition) is 3. The highest BCUT2D eigenvalue weighted by atomic mass is 16.7. The van der Waals surface area contributed by atoms with Crippen molar-refractivity contribution in [3.8, 4) is 0 Å². The van der Waals surface area contributed by atoms with Crippen molar-refractivity contribution in [2.24, 2.45) is 11.8 Å². The number of carboxylic acids is 1. The summed E-state index contributed by atoms with van der Waals surface area (Å²) in [6.45, 7) is 1.24. The molecule has 1 heterocycles. The molecule has 5 nitrogen and oxygen atoms in total. The van der Waals surface area contributed by atoms with E-state index >= 15 is 0 Å². The van der Waals surface area contributed by atoms with Crippen LogP contribution in [0.2, 0.25) is 0 Å². The van der Waals surface area contributed by atoms with Gasteiger partial charge in [-0.2, -0.15) is 0 Å². The second-order valence-electron chi connectivity index (χ2n) is 4.17. The summed E-state index contributed by atoms with van der Waals surface area (Å²) in [4.78, 5) is 27.7. The fourth-order valence-electron chi connectivity index (χ4n) is 2.25. The van der Waals surface area contributed by atoms with Gasteiger partial charge >= 0.3 is 5.97 Å². The van der Waals surface area contributed by atoms with Gasteiger partial charge in [-0.3, -0.25) is 14.4 Å². The molecule has 0 aromatic heterocycles. The summed E-state index contributed by atoms with van der Waals surface area (Å²) in [7, 11) is 0. The zero-order chi connectivity index (χ0) is 10.8. The van der Waals surface area contributed by atoms with Gasteiger partial charge in [-0.05, 0) is 25.7 Å². The maximum atomic E-state index is 11.8. The number of aliphatic carboxylic acids is 1. The van der Waals surface area contributed by atoms with Crippen LogP contribution in [0.3, 0.4) is 0 Å². The van der Waals surface area contributed by atoms with Crippen molar-refractivity contribution in [2.75, 3.05) is 13.2 Å². The quantitative estimate of drug-likeness (QED) is 0.731. The lowest BCUT2D eigenvalue weighted by molar-refractivity contribution is -0.173. The van der Waals surface area contributed by atoms with Gasteiger partial charge in [-0.25, -0.2) is 5.06 Å². The summed E-state index contributed by atoms with van der Waals surface area (Å²) in [5.41, 5.74) is 0. The van der Waals surface area contributed by atoms with E-state index in [0.29, 0.717) is 32.4 Å².